The number of aromatic nitrogens is 1. The summed E-state index contributed by atoms with van der Waals surface area (Å²) < 4.78 is 12.9. The van der Waals surface area contributed by atoms with E-state index >= 15 is 0 Å². The van der Waals surface area contributed by atoms with Crippen molar-refractivity contribution in [3.8, 4) is 5.75 Å². The van der Waals surface area contributed by atoms with Gasteiger partial charge in [0.05, 0.1) is 25.4 Å². The van der Waals surface area contributed by atoms with Crippen LogP contribution < -0.4 is 10.1 Å². The molecule has 5 rings (SSSR count). The Morgan fingerprint density at radius 2 is 2.06 bits per heavy atom. The molecule has 7 heteroatoms. The Hall–Kier alpha value is -3.22. The lowest BCUT2D eigenvalue weighted by Gasteiger charge is -2.45. The molecule has 1 N–H and O–H groups in total. The van der Waals surface area contributed by atoms with E-state index < -0.39 is 5.54 Å². The molecule has 1 aliphatic carbocycles. The molecule has 1 saturated carbocycles. The Morgan fingerprint density at radius 1 is 1.24 bits per heavy atom. The zero-order valence-corrected chi connectivity index (χ0v) is 20.3. The van der Waals surface area contributed by atoms with Crippen LogP contribution in [0, 0.1) is 11.8 Å². The Labute approximate surface area is 200 Å². The van der Waals surface area contributed by atoms with Crippen LogP contribution >= 0.6 is 0 Å². The highest BCUT2D eigenvalue weighted by atomic mass is 16.5. The third kappa shape index (κ3) is 3.67. The van der Waals surface area contributed by atoms with Crippen LogP contribution in [0.3, 0.4) is 0 Å². The second-order valence-corrected chi connectivity index (χ2v) is 10.1. The fourth-order valence-corrected chi connectivity index (χ4v) is 5.58. The fraction of sp³-hybridized carbons (Fsp3) is 0.481. The van der Waals surface area contributed by atoms with Crippen LogP contribution in [0.4, 0.5) is 0 Å². The number of amides is 2. The molecule has 0 radical (unpaired) electrons. The summed E-state index contributed by atoms with van der Waals surface area (Å²) in [5.74, 6) is 1.40. The van der Waals surface area contributed by atoms with Gasteiger partial charge in [-0.3, -0.25) is 9.59 Å². The predicted octanol–water partition coefficient (Wildman–Crippen LogP) is 4.60. The van der Waals surface area contributed by atoms with Crippen LogP contribution in [-0.2, 0) is 17.9 Å². The van der Waals surface area contributed by atoms with Crippen molar-refractivity contribution in [3.05, 3.63) is 53.9 Å². The van der Waals surface area contributed by atoms with Crippen molar-refractivity contribution in [1.29, 1.82) is 0 Å². The highest BCUT2D eigenvalue weighted by molar-refractivity contribution is 6.02. The standard InChI is InChI=1S/C27H33N3O4/c1-17-7-5-10-21(18(17)2)28-26(32)27(3)16-29-22-11-12-34-24(22)14-23(29)25(31)30(27)15-19-8-6-9-20(13-19)33-4/h6,8-9,11-14,17-18,21H,5,7,10,15-16H2,1-4H3,(H,28,32)/t17-,18-,21+,27+/m0/s1. The molecule has 2 aromatic heterocycles. The molecule has 2 aliphatic rings. The topological polar surface area (TPSA) is 76.7 Å². The Balaban J connectivity index is 1.52. The second-order valence-electron chi connectivity index (χ2n) is 10.1. The number of methoxy groups -OCH3 is 1. The number of rotatable bonds is 5. The lowest BCUT2D eigenvalue weighted by molar-refractivity contribution is -0.134. The van der Waals surface area contributed by atoms with Crippen LogP contribution in [0.5, 0.6) is 5.75 Å². The molecule has 34 heavy (non-hydrogen) atoms. The molecule has 0 unspecified atom stereocenters. The number of furan rings is 1. The predicted molar refractivity (Wildman–Crippen MR) is 130 cm³/mol. The largest absolute Gasteiger partial charge is 0.497 e. The van der Waals surface area contributed by atoms with Gasteiger partial charge in [0.15, 0.2) is 5.58 Å². The smallest absolute Gasteiger partial charge is 0.271 e. The average molecular weight is 464 g/mol. The summed E-state index contributed by atoms with van der Waals surface area (Å²) in [4.78, 5) is 29.5. The monoisotopic (exact) mass is 463 g/mol. The number of hydrogen-bond donors (Lipinski definition) is 1. The number of ether oxygens (including phenoxy) is 1. The van der Waals surface area contributed by atoms with Crippen LogP contribution in [-0.4, -0.2) is 40.0 Å². The maximum absolute atomic E-state index is 13.9. The van der Waals surface area contributed by atoms with E-state index in [0.29, 0.717) is 36.2 Å². The van der Waals surface area contributed by atoms with Crippen LogP contribution in [0.25, 0.3) is 11.1 Å². The van der Waals surface area contributed by atoms with Crippen molar-refractivity contribution in [2.24, 2.45) is 11.8 Å². The number of carbonyl (C=O) groups is 2. The van der Waals surface area contributed by atoms with Gasteiger partial charge in [-0.25, -0.2) is 0 Å². The molecule has 4 atom stereocenters. The SMILES string of the molecule is COc1cccc(CN2C(=O)c3cc4occc4n3C[C@]2(C)C(=O)N[C@@H]2CCC[C@H](C)[C@@H]2C)c1. The lowest BCUT2D eigenvalue weighted by atomic mass is 9.77. The van der Waals surface area contributed by atoms with Crippen LogP contribution in [0.15, 0.2) is 47.1 Å². The normalized spacial score (nSPS) is 27.0. The molecule has 3 heterocycles. The maximum Gasteiger partial charge on any atom is 0.271 e. The van der Waals surface area contributed by atoms with E-state index in [0.717, 1.165) is 29.7 Å². The van der Waals surface area contributed by atoms with Gasteiger partial charge in [-0.15, -0.1) is 0 Å². The number of nitrogens with one attached hydrogen (secondary N) is 1. The van der Waals surface area contributed by atoms with E-state index in [1.165, 1.54) is 6.42 Å². The van der Waals surface area contributed by atoms with Crippen molar-refractivity contribution < 1.29 is 18.7 Å². The van der Waals surface area contributed by atoms with Gasteiger partial charge >= 0.3 is 0 Å². The average Bonchev–Trinajstić information content (AvgIpc) is 3.42. The summed E-state index contributed by atoms with van der Waals surface area (Å²) >= 11 is 0. The maximum atomic E-state index is 13.9. The molecule has 0 saturated heterocycles. The number of hydrogen-bond acceptors (Lipinski definition) is 4. The zero-order valence-electron chi connectivity index (χ0n) is 20.3. The van der Waals surface area contributed by atoms with Gasteiger partial charge in [0.1, 0.15) is 17.0 Å². The zero-order chi connectivity index (χ0) is 24.0. The lowest BCUT2D eigenvalue weighted by Crippen LogP contribution is -2.65. The van der Waals surface area contributed by atoms with Crippen molar-refractivity contribution in [2.45, 2.75) is 64.7 Å². The Morgan fingerprint density at radius 3 is 2.85 bits per heavy atom. The van der Waals surface area contributed by atoms with Crippen molar-refractivity contribution in [2.75, 3.05) is 7.11 Å². The first-order chi connectivity index (χ1) is 16.3. The van der Waals surface area contributed by atoms with Gasteiger partial charge in [-0.05, 0) is 42.9 Å². The van der Waals surface area contributed by atoms with Crippen molar-refractivity contribution in [3.63, 3.8) is 0 Å². The highest BCUT2D eigenvalue weighted by Gasteiger charge is 2.48. The van der Waals surface area contributed by atoms with Crippen molar-refractivity contribution >= 4 is 22.9 Å². The van der Waals surface area contributed by atoms with Gasteiger partial charge < -0.3 is 23.9 Å². The highest BCUT2D eigenvalue weighted by Crippen LogP contribution is 2.35. The summed E-state index contributed by atoms with van der Waals surface area (Å²) in [6, 6.07) is 11.4. The van der Waals surface area contributed by atoms with Crippen LogP contribution in [0.1, 0.15) is 56.1 Å². The Bertz CT molecular complexity index is 1230. The quantitative estimate of drug-likeness (QED) is 0.600. The molecule has 7 nitrogen and oxygen atoms in total. The molecule has 0 spiro atoms. The molecule has 1 aliphatic heterocycles. The molecule has 1 aromatic carbocycles. The molecule has 2 amide bonds. The fourth-order valence-electron chi connectivity index (χ4n) is 5.58. The molecular weight excluding hydrogens is 430 g/mol. The third-order valence-electron chi connectivity index (χ3n) is 8.04. The molecular formula is C27H33N3O4. The van der Waals surface area contributed by atoms with E-state index in [2.05, 4.69) is 19.2 Å². The van der Waals surface area contributed by atoms with Crippen LogP contribution in [0.2, 0.25) is 0 Å². The van der Waals surface area contributed by atoms with E-state index in [-0.39, 0.29) is 17.9 Å². The van der Waals surface area contributed by atoms with Gasteiger partial charge in [-0.1, -0.05) is 38.8 Å². The summed E-state index contributed by atoms with van der Waals surface area (Å²) in [5.41, 5.74) is 1.89. The minimum atomic E-state index is -1.06. The summed E-state index contributed by atoms with van der Waals surface area (Å²) in [6.45, 7) is 7.03. The van der Waals surface area contributed by atoms with Gasteiger partial charge in [0.25, 0.3) is 5.91 Å². The first-order valence-electron chi connectivity index (χ1n) is 12.1. The van der Waals surface area contributed by atoms with E-state index in [9.17, 15) is 9.59 Å². The summed E-state index contributed by atoms with van der Waals surface area (Å²) in [5, 5.41) is 3.34. The van der Waals surface area contributed by atoms with Gasteiger partial charge in [0, 0.05) is 24.7 Å². The number of nitrogens with zero attached hydrogens (tertiary/aromatic N) is 2. The minimum absolute atomic E-state index is 0.106. The first kappa shape index (κ1) is 22.6. The number of fused-ring (bicyclic) bond motifs is 3. The number of carbonyl (C=O) groups excluding carboxylic acids is 2. The van der Waals surface area contributed by atoms with E-state index in [1.807, 2.05) is 41.8 Å². The summed E-state index contributed by atoms with van der Waals surface area (Å²) in [7, 11) is 1.62. The molecule has 1 fully saturated rings. The van der Waals surface area contributed by atoms with E-state index in [4.69, 9.17) is 9.15 Å². The van der Waals surface area contributed by atoms with Gasteiger partial charge in [-0.2, -0.15) is 0 Å². The second kappa shape index (κ2) is 8.53. The number of benzene rings is 1. The molecule has 0 bridgehead atoms. The minimum Gasteiger partial charge on any atom is -0.497 e. The van der Waals surface area contributed by atoms with Gasteiger partial charge in [0.2, 0.25) is 5.91 Å². The first-order valence-corrected chi connectivity index (χ1v) is 12.1. The van der Waals surface area contributed by atoms with Crippen molar-refractivity contribution in [1.82, 2.24) is 14.8 Å². The molecule has 3 aromatic rings. The third-order valence-corrected chi connectivity index (χ3v) is 8.04. The van der Waals surface area contributed by atoms with E-state index in [1.54, 1.807) is 24.3 Å². The Kier molecular flexibility index (Phi) is 5.66. The molecule has 180 valence electrons. The summed E-state index contributed by atoms with van der Waals surface area (Å²) in [6.07, 6.45) is 4.89.